The van der Waals surface area contributed by atoms with E-state index in [4.69, 9.17) is 25.7 Å². The van der Waals surface area contributed by atoms with Crippen LogP contribution in [0.2, 0.25) is 0 Å². The van der Waals surface area contributed by atoms with Gasteiger partial charge in [-0.25, -0.2) is 14.6 Å². The van der Waals surface area contributed by atoms with E-state index in [9.17, 15) is 19.2 Å². The predicted octanol–water partition coefficient (Wildman–Crippen LogP) is 3.71. The smallest absolute Gasteiger partial charge is 0.338 e. The van der Waals surface area contributed by atoms with Crippen molar-refractivity contribution in [2.75, 3.05) is 11.5 Å². The minimum Gasteiger partial charge on any atom is -0.460 e. The van der Waals surface area contributed by atoms with Gasteiger partial charge in [0.2, 0.25) is 5.95 Å². The van der Waals surface area contributed by atoms with Gasteiger partial charge in [-0.3, -0.25) is 9.59 Å². The van der Waals surface area contributed by atoms with Gasteiger partial charge in [0.25, 0.3) is 5.91 Å². The standard InChI is InChI=1S/C30H37N5O7/c1-29(2,3)41-23(36)14-13-22(27(39)42-30(4,5)6)33-25(37)18-8-10-19(11-9-18)26(38)40-16-17-7-12-21-20(15-17)24(31)35-28(32)34-21/h7-12,15,22H,13-14,16H2,1-6H3,(H,33,37)(H4,31,32,34,35)/t22-/m0/s1. The molecule has 224 valence electrons. The number of ether oxygens (including phenoxy) is 3. The Morgan fingerprint density at radius 2 is 1.48 bits per heavy atom. The zero-order valence-corrected chi connectivity index (χ0v) is 24.6. The molecule has 0 bridgehead atoms. The molecule has 0 aliphatic carbocycles. The predicted molar refractivity (Wildman–Crippen MR) is 156 cm³/mol. The quantitative estimate of drug-likeness (QED) is 0.248. The number of nitrogens with zero attached hydrogens (tertiary/aromatic N) is 2. The summed E-state index contributed by atoms with van der Waals surface area (Å²) in [6.45, 7) is 10.3. The summed E-state index contributed by atoms with van der Waals surface area (Å²) in [6.07, 6.45) is -0.114. The van der Waals surface area contributed by atoms with Gasteiger partial charge < -0.3 is 31.0 Å². The summed E-state index contributed by atoms with van der Waals surface area (Å²) < 4.78 is 16.1. The van der Waals surface area contributed by atoms with Crippen molar-refractivity contribution in [2.45, 2.75) is 78.2 Å². The van der Waals surface area contributed by atoms with Crippen LogP contribution in [0.5, 0.6) is 0 Å². The summed E-state index contributed by atoms with van der Waals surface area (Å²) in [4.78, 5) is 58.7. The van der Waals surface area contributed by atoms with Crippen molar-refractivity contribution in [1.82, 2.24) is 15.3 Å². The number of nitrogen functional groups attached to an aromatic ring is 2. The minimum atomic E-state index is -1.09. The molecule has 42 heavy (non-hydrogen) atoms. The van der Waals surface area contributed by atoms with E-state index in [2.05, 4.69) is 15.3 Å². The van der Waals surface area contributed by atoms with E-state index in [0.29, 0.717) is 16.5 Å². The van der Waals surface area contributed by atoms with Crippen LogP contribution in [0.4, 0.5) is 11.8 Å². The number of carbonyl (C=O) groups is 4. The SMILES string of the molecule is CC(C)(C)OC(=O)CC[C@H](NC(=O)c1ccc(C(=O)OCc2ccc3nc(N)nc(N)c3c2)cc1)C(=O)OC(C)(C)C. The van der Waals surface area contributed by atoms with Crippen LogP contribution in [0, 0.1) is 0 Å². The van der Waals surface area contributed by atoms with E-state index in [1.54, 1.807) is 59.7 Å². The van der Waals surface area contributed by atoms with Crippen LogP contribution in [0.25, 0.3) is 10.9 Å². The van der Waals surface area contributed by atoms with Crippen LogP contribution in [0.15, 0.2) is 42.5 Å². The van der Waals surface area contributed by atoms with Crippen LogP contribution in [-0.4, -0.2) is 51.0 Å². The molecule has 12 heteroatoms. The van der Waals surface area contributed by atoms with E-state index in [1.807, 2.05) is 0 Å². The Bertz CT molecular complexity index is 1470. The molecule has 0 aliphatic heterocycles. The van der Waals surface area contributed by atoms with Crippen LogP contribution < -0.4 is 16.8 Å². The lowest BCUT2D eigenvalue weighted by atomic mass is 10.1. The number of amides is 1. The Balaban J connectivity index is 1.63. The van der Waals surface area contributed by atoms with E-state index in [-0.39, 0.29) is 42.3 Å². The molecule has 0 radical (unpaired) electrons. The fourth-order valence-electron chi connectivity index (χ4n) is 3.82. The van der Waals surface area contributed by atoms with Crippen molar-refractivity contribution in [1.29, 1.82) is 0 Å². The first-order valence-corrected chi connectivity index (χ1v) is 13.3. The van der Waals surface area contributed by atoms with Gasteiger partial charge in [0.15, 0.2) is 0 Å². The zero-order chi connectivity index (χ0) is 31.2. The van der Waals surface area contributed by atoms with Crippen molar-refractivity contribution in [3.05, 3.63) is 59.2 Å². The second-order valence-corrected chi connectivity index (χ2v) is 11.7. The second kappa shape index (κ2) is 12.8. The number of benzene rings is 2. The summed E-state index contributed by atoms with van der Waals surface area (Å²) in [5.74, 6) is -2.07. The number of esters is 3. The molecule has 0 unspecified atom stereocenters. The topological polar surface area (TPSA) is 186 Å². The lowest BCUT2D eigenvalue weighted by Gasteiger charge is -2.25. The monoisotopic (exact) mass is 579 g/mol. The highest BCUT2D eigenvalue weighted by Gasteiger charge is 2.28. The number of nitrogens with one attached hydrogen (secondary N) is 1. The summed E-state index contributed by atoms with van der Waals surface area (Å²) in [5.41, 5.74) is 11.7. The van der Waals surface area contributed by atoms with Crippen molar-refractivity contribution >= 4 is 46.5 Å². The number of hydrogen-bond donors (Lipinski definition) is 3. The first-order chi connectivity index (χ1) is 19.5. The molecule has 1 amide bonds. The molecule has 2 aromatic carbocycles. The summed E-state index contributed by atoms with van der Waals surface area (Å²) in [5, 5.41) is 3.21. The second-order valence-electron chi connectivity index (χ2n) is 11.7. The van der Waals surface area contributed by atoms with Gasteiger partial charge in [-0.05, 0) is 89.9 Å². The molecule has 1 heterocycles. The first-order valence-electron chi connectivity index (χ1n) is 13.3. The number of rotatable bonds is 9. The highest BCUT2D eigenvalue weighted by atomic mass is 16.6. The maximum absolute atomic E-state index is 13.0. The van der Waals surface area contributed by atoms with Gasteiger partial charge in [-0.15, -0.1) is 0 Å². The van der Waals surface area contributed by atoms with E-state index >= 15 is 0 Å². The highest BCUT2D eigenvalue weighted by molar-refractivity contribution is 5.98. The molecule has 0 fully saturated rings. The normalized spacial score (nSPS) is 12.3. The molecule has 3 rings (SSSR count). The van der Waals surface area contributed by atoms with Gasteiger partial charge in [0.1, 0.15) is 29.7 Å². The zero-order valence-electron chi connectivity index (χ0n) is 24.6. The van der Waals surface area contributed by atoms with Gasteiger partial charge in [0.05, 0.1) is 11.1 Å². The molecule has 5 N–H and O–H groups in total. The van der Waals surface area contributed by atoms with Crippen molar-refractivity contribution in [3.8, 4) is 0 Å². The third kappa shape index (κ3) is 9.43. The number of hydrogen-bond acceptors (Lipinski definition) is 11. The third-order valence-electron chi connectivity index (χ3n) is 5.61. The van der Waals surface area contributed by atoms with Crippen molar-refractivity contribution in [2.24, 2.45) is 0 Å². The lowest BCUT2D eigenvalue weighted by Crippen LogP contribution is -2.44. The minimum absolute atomic E-state index is 0.0140. The van der Waals surface area contributed by atoms with E-state index in [0.717, 1.165) is 0 Å². The Hall–Kier alpha value is -4.74. The molecular weight excluding hydrogens is 542 g/mol. The Kier molecular flexibility index (Phi) is 9.71. The highest BCUT2D eigenvalue weighted by Crippen LogP contribution is 2.21. The molecule has 0 aliphatic rings. The summed E-state index contributed by atoms with van der Waals surface area (Å²) in [7, 11) is 0. The number of fused-ring (bicyclic) bond motifs is 1. The first kappa shape index (κ1) is 31.8. The Morgan fingerprint density at radius 3 is 2.10 bits per heavy atom. The van der Waals surface area contributed by atoms with Gasteiger partial charge in [-0.2, -0.15) is 4.98 Å². The lowest BCUT2D eigenvalue weighted by molar-refractivity contribution is -0.158. The van der Waals surface area contributed by atoms with Gasteiger partial charge in [0, 0.05) is 17.4 Å². The van der Waals surface area contributed by atoms with Crippen LogP contribution >= 0.6 is 0 Å². The van der Waals surface area contributed by atoms with E-state index < -0.39 is 41.1 Å². The maximum atomic E-state index is 13.0. The van der Waals surface area contributed by atoms with Crippen molar-refractivity contribution in [3.63, 3.8) is 0 Å². The number of aromatic nitrogens is 2. The summed E-state index contributed by atoms with van der Waals surface area (Å²) in [6, 6.07) is 9.82. The molecule has 0 saturated carbocycles. The third-order valence-corrected chi connectivity index (χ3v) is 5.61. The van der Waals surface area contributed by atoms with Crippen LogP contribution in [-0.2, 0) is 30.4 Å². The Morgan fingerprint density at radius 1 is 0.857 bits per heavy atom. The number of carbonyl (C=O) groups excluding carboxylic acids is 4. The molecule has 12 nitrogen and oxygen atoms in total. The largest absolute Gasteiger partial charge is 0.460 e. The maximum Gasteiger partial charge on any atom is 0.338 e. The van der Waals surface area contributed by atoms with Gasteiger partial charge in [-0.1, -0.05) is 6.07 Å². The average Bonchev–Trinajstić information content (AvgIpc) is 2.87. The molecule has 1 atom stereocenters. The molecule has 0 spiro atoms. The van der Waals surface area contributed by atoms with E-state index in [1.165, 1.54) is 24.3 Å². The fourth-order valence-corrected chi connectivity index (χ4v) is 3.82. The molecular formula is C30H37N5O7. The van der Waals surface area contributed by atoms with Crippen LogP contribution in [0.3, 0.4) is 0 Å². The van der Waals surface area contributed by atoms with Crippen molar-refractivity contribution < 1.29 is 33.4 Å². The van der Waals surface area contributed by atoms with Gasteiger partial charge >= 0.3 is 17.9 Å². The van der Waals surface area contributed by atoms with Crippen LogP contribution in [0.1, 0.15) is 80.7 Å². The fraction of sp³-hybridized carbons (Fsp3) is 0.400. The average molecular weight is 580 g/mol. The Labute approximate surface area is 244 Å². The number of anilines is 2. The summed E-state index contributed by atoms with van der Waals surface area (Å²) >= 11 is 0. The molecule has 1 aromatic heterocycles. The molecule has 0 saturated heterocycles. The molecule has 3 aromatic rings. The number of nitrogens with two attached hydrogens (primary N) is 2.